The van der Waals surface area contributed by atoms with Gasteiger partial charge in [-0.25, -0.2) is 0 Å². The smallest absolute Gasteiger partial charge is 0.308 e. The van der Waals surface area contributed by atoms with Crippen molar-refractivity contribution in [2.75, 3.05) is 13.1 Å². The number of likely N-dealkylation sites (tertiary alicyclic amines) is 1. The molecule has 2 rings (SSSR count). The van der Waals surface area contributed by atoms with Crippen LogP contribution in [-0.4, -0.2) is 35.1 Å². The van der Waals surface area contributed by atoms with E-state index in [9.17, 15) is 9.90 Å². The summed E-state index contributed by atoms with van der Waals surface area (Å²) in [6, 6.07) is 0.623. The van der Waals surface area contributed by atoms with Gasteiger partial charge in [0.25, 0.3) is 0 Å². The molecule has 98 valence electrons. The predicted octanol–water partition coefficient (Wildman–Crippen LogP) is 2.46. The molecule has 1 aliphatic heterocycles. The van der Waals surface area contributed by atoms with Gasteiger partial charge in [0.1, 0.15) is 0 Å². The highest BCUT2D eigenvalue weighted by molar-refractivity contribution is 5.71. The van der Waals surface area contributed by atoms with E-state index in [1.807, 2.05) is 0 Å². The van der Waals surface area contributed by atoms with Gasteiger partial charge in [-0.1, -0.05) is 20.8 Å². The van der Waals surface area contributed by atoms with Gasteiger partial charge in [0.2, 0.25) is 0 Å². The molecule has 3 unspecified atom stereocenters. The minimum atomic E-state index is -0.614. The highest BCUT2D eigenvalue weighted by atomic mass is 16.4. The van der Waals surface area contributed by atoms with Crippen LogP contribution < -0.4 is 0 Å². The van der Waals surface area contributed by atoms with Crippen molar-refractivity contribution in [1.29, 1.82) is 0 Å². The van der Waals surface area contributed by atoms with Crippen LogP contribution in [0.4, 0.5) is 0 Å². The van der Waals surface area contributed by atoms with Crippen molar-refractivity contribution in [3.8, 4) is 0 Å². The number of carbonyl (C=O) groups is 1. The Kier molecular flexibility index (Phi) is 3.76. The Balaban J connectivity index is 1.98. The molecule has 2 aliphatic rings. The second-order valence-electron chi connectivity index (χ2n) is 6.34. The number of aliphatic carboxylic acids is 1. The van der Waals surface area contributed by atoms with Gasteiger partial charge in [0.15, 0.2) is 0 Å². The van der Waals surface area contributed by atoms with E-state index in [1.54, 1.807) is 0 Å². The molecule has 1 saturated carbocycles. The molecule has 0 aromatic carbocycles. The lowest BCUT2D eigenvalue weighted by Crippen LogP contribution is -2.42. The molecule has 2 fully saturated rings. The summed E-state index contributed by atoms with van der Waals surface area (Å²) in [5.74, 6) is 1.10. The zero-order valence-corrected chi connectivity index (χ0v) is 11.2. The summed E-state index contributed by atoms with van der Waals surface area (Å²) < 4.78 is 0. The third kappa shape index (κ3) is 2.65. The van der Waals surface area contributed by atoms with Crippen LogP contribution in [0.2, 0.25) is 0 Å². The van der Waals surface area contributed by atoms with E-state index in [0.717, 1.165) is 24.9 Å². The summed E-state index contributed by atoms with van der Waals surface area (Å²) in [6.07, 6.45) is 3.85. The standard InChI is InChI=1S/C14H25NO2/c1-9-4-5-13(10(2)6-9)15-7-11(3)12(8-15)14(16)17/h9-13H,4-8H2,1-3H3,(H,16,17)/t9?,10?,11-,12-,13?/m1/s1. The molecule has 17 heavy (non-hydrogen) atoms. The maximum atomic E-state index is 11.1. The highest BCUT2D eigenvalue weighted by Crippen LogP contribution is 2.35. The molecule has 3 heteroatoms. The first-order valence-electron chi connectivity index (χ1n) is 6.96. The third-order valence-electron chi connectivity index (χ3n) is 4.81. The summed E-state index contributed by atoms with van der Waals surface area (Å²) >= 11 is 0. The Morgan fingerprint density at radius 2 is 1.82 bits per heavy atom. The fourth-order valence-corrected chi connectivity index (χ4v) is 3.79. The van der Waals surface area contributed by atoms with Crippen LogP contribution >= 0.6 is 0 Å². The summed E-state index contributed by atoms with van der Waals surface area (Å²) in [6.45, 7) is 8.48. The first-order chi connectivity index (χ1) is 7.99. The normalized spacial score (nSPS) is 43.8. The van der Waals surface area contributed by atoms with Gasteiger partial charge in [0, 0.05) is 19.1 Å². The van der Waals surface area contributed by atoms with Crippen molar-refractivity contribution in [3.63, 3.8) is 0 Å². The monoisotopic (exact) mass is 239 g/mol. The van der Waals surface area contributed by atoms with Gasteiger partial charge in [-0.2, -0.15) is 0 Å². The van der Waals surface area contributed by atoms with E-state index < -0.39 is 5.97 Å². The molecular formula is C14H25NO2. The van der Waals surface area contributed by atoms with Crippen LogP contribution in [-0.2, 0) is 4.79 Å². The molecule has 1 aliphatic carbocycles. The first-order valence-corrected chi connectivity index (χ1v) is 6.96. The van der Waals surface area contributed by atoms with Crippen molar-refractivity contribution < 1.29 is 9.90 Å². The molecule has 0 bridgehead atoms. The van der Waals surface area contributed by atoms with Gasteiger partial charge < -0.3 is 5.11 Å². The zero-order chi connectivity index (χ0) is 12.6. The molecule has 5 atom stereocenters. The van der Waals surface area contributed by atoms with Crippen molar-refractivity contribution >= 4 is 5.97 Å². The van der Waals surface area contributed by atoms with Crippen molar-refractivity contribution in [3.05, 3.63) is 0 Å². The number of nitrogens with zero attached hydrogens (tertiary/aromatic N) is 1. The molecule has 1 heterocycles. The van der Waals surface area contributed by atoms with Crippen LogP contribution in [0.3, 0.4) is 0 Å². The molecule has 0 spiro atoms. The van der Waals surface area contributed by atoms with Crippen LogP contribution in [0, 0.1) is 23.7 Å². The molecule has 1 N–H and O–H groups in total. The molecule has 0 amide bonds. The summed E-state index contributed by atoms with van der Waals surface area (Å²) in [5.41, 5.74) is 0. The molecule has 3 nitrogen and oxygen atoms in total. The largest absolute Gasteiger partial charge is 0.481 e. The van der Waals surface area contributed by atoms with Gasteiger partial charge in [-0.15, -0.1) is 0 Å². The van der Waals surface area contributed by atoms with Crippen LogP contribution in [0.1, 0.15) is 40.0 Å². The minimum absolute atomic E-state index is 0.151. The zero-order valence-electron chi connectivity index (χ0n) is 11.2. The van der Waals surface area contributed by atoms with Gasteiger partial charge in [-0.05, 0) is 37.0 Å². The topological polar surface area (TPSA) is 40.5 Å². The predicted molar refractivity (Wildman–Crippen MR) is 67.8 cm³/mol. The molecular weight excluding hydrogens is 214 g/mol. The lowest BCUT2D eigenvalue weighted by atomic mass is 9.79. The Labute approximate surface area is 104 Å². The number of rotatable bonds is 2. The average Bonchev–Trinajstić information content (AvgIpc) is 2.60. The van der Waals surface area contributed by atoms with Gasteiger partial charge >= 0.3 is 5.97 Å². The Hall–Kier alpha value is -0.570. The highest BCUT2D eigenvalue weighted by Gasteiger charge is 2.40. The number of hydrogen-bond donors (Lipinski definition) is 1. The number of hydrogen-bond acceptors (Lipinski definition) is 2. The van der Waals surface area contributed by atoms with E-state index in [4.69, 9.17) is 0 Å². The average molecular weight is 239 g/mol. The number of carboxylic acid groups (broad SMARTS) is 1. The van der Waals surface area contributed by atoms with E-state index in [0.29, 0.717) is 12.0 Å². The summed E-state index contributed by atoms with van der Waals surface area (Å²) in [7, 11) is 0. The summed E-state index contributed by atoms with van der Waals surface area (Å²) in [5, 5.41) is 9.18. The van der Waals surface area contributed by atoms with Crippen LogP contribution in [0.5, 0.6) is 0 Å². The molecule has 0 aromatic rings. The van der Waals surface area contributed by atoms with Gasteiger partial charge in [-0.3, -0.25) is 9.69 Å². The van der Waals surface area contributed by atoms with Crippen LogP contribution in [0.25, 0.3) is 0 Å². The second-order valence-corrected chi connectivity index (χ2v) is 6.34. The van der Waals surface area contributed by atoms with Gasteiger partial charge in [0.05, 0.1) is 5.92 Å². The Morgan fingerprint density at radius 3 is 2.35 bits per heavy atom. The SMILES string of the molecule is CC1CCC(N2C[C@@H](C)[C@H](C(=O)O)C2)C(C)C1. The van der Waals surface area contributed by atoms with E-state index >= 15 is 0 Å². The second kappa shape index (κ2) is 4.97. The third-order valence-corrected chi connectivity index (χ3v) is 4.81. The van der Waals surface area contributed by atoms with E-state index in [2.05, 4.69) is 25.7 Å². The number of carboxylic acids is 1. The molecule has 1 saturated heterocycles. The van der Waals surface area contributed by atoms with Crippen molar-refractivity contribution in [1.82, 2.24) is 4.90 Å². The quantitative estimate of drug-likeness (QED) is 0.804. The first kappa shape index (κ1) is 12.9. The van der Waals surface area contributed by atoms with E-state index in [1.165, 1.54) is 19.3 Å². The maximum absolute atomic E-state index is 11.1. The fourth-order valence-electron chi connectivity index (χ4n) is 3.79. The summed E-state index contributed by atoms with van der Waals surface area (Å²) in [4.78, 5) is 13.6. The Morgan fingerprint density at radius 1 is 1.12 bits per heavy atom. The fraction of sp³-hybridized carbons (Fsp3) is 0.929. The lowest BCUT2D eigenvalue weighted by molar-refractivity contribution is -0.142. The van der Waals surface area contributed by atoms with Crippen LogP contribution in [0.15, 0.2) is 0 Å². The van der Waals surface area contributed by atoms with Crippen molar-refractivity contribution in [2.24, 2.45) is 23.7 Å². The minimum Gasteiger partial charge on any atom is -0.481 e. The Bertz CT molecular complexity index is 292. The molecule has 0 radical (unpaired) electrons. The van der Waals surface area contributed by atoms with E-state index in [-0.39, 0.29) is 5.92 Å². The molecule has 0 aromatic heterocycles. The van der Waals surface area contributed by atoms with Crippen molar-refractivity contribution in [2.45, 2.75) is 46.1 Å². The lowest BCUT2D eigenvalue weighted by Gasteiger charge is -2.38. The maximum Gasteiger partial charge on any atom is 0.308 e.